The largest absolute Gasteiger partial charge is 0.390 e. The van der Waals surface area contributed by atoms with Crippen LogP contribution in [0.5, 0.6) is 0 Å². The van der Waals surface area contributed by atoms with Crippen LogP contribution in [0.1, 0.15) is 81.9 Å². The third kappa shape index (κ3) is 7.78. The van der Waals surface area contributed by atoms with Gasteiger partial charge in [-0.3, -0.25) is 0 Å². The van der Waals surface area contributed by atoms with Gasteiger partial charge in [0.15, 0.2) is 0 Å². The molecule has 3 aromatic carbocycles. The number of benzene rings is 3. The van der Waals surface area contributed by atoms with Gasteiger partial charge >= 0.3 is 0 Å². The zero-order valence-corrected chi connectivity index (χ0v) is 27.3. The van der Waals surface area contributed by atoms with Crippen LogP contribution in [0.3, 0.4) is 0 Å². The van der Waals surface area contributed by atoms with Crippen LogP contribution in [0.4, 0.5) is 0 Å². The van der Waals surface area contributed by atoms with Crippen molar-refractivity contribution in [3.05, 3.63) is 102 Å². The number of hydrogen-bond acceptors (Lipinski definition) is 4. The zero-order chi connectivity index (χ0) is 30.7. The van der Waals surface area contributed by atoms with E-state index in [2.05, 4.69) is 74.2 Å². The molecule has 1 saturated heterocycles. The van der Waals surface area contributed by atoms with Crippen LogP contribution in [-0.2, 0) is 21.9 Å². The van der Waals surface area contributed by atoms with E-state index in [9.17, 15) is 13.5 Å². The number of aliphatic hydroxyl groups is 1. The first-order valence-electron chi connectivity index (χ1n) is 16.1. The van der Waals surface area contributed by atoms with Gasteiger partial charge in [0, 0.05) is 32.7 Å². The predicted octanol–water partition coefficient (Wildman–Crippen LogP) is 7.02. The Bertz CT molecular complexity index is 1410. The highest BCUT2D eigenvalue weighted by molar-refractivity contribution is 7.89. The number of rotatable bonds is 10. The Labute approximate surface area is 260 Å². The van der Waals surface area contributed by atoms with Crippen LogP contribution in [-0.4, -0.2) is 61.1 Å². The van der Waals surface area contributed by atoms with E-state index >= 15 is 0 Å². The molecule has 232 valence electrons. The van der Waals surface area contributed by atoms with Gasteiger partial charge in [0.2, 0.25) is 10.0 Å². The maximum atomic E-state index is 13.8. The van der Waals surface area contributed by atoms with Gasteiger partial charge in [0.05, 0.1) is 10.5 Å². The Morgan fingerprint density at radius 3 is 2.09 bits per heavy atom. The fraction of sp³-hybridized carbons (Fsp3) is 0.514. The molecule has 1 unspecified atom stereocenters. The third-order valence-corrected chi connectivity index (χ3v) is 12.0. The van der Waals surface area contributed by atoms with Crippen LogP contribution >= 0.6 is 0 Å². The Hall–Kier alpha value is -2.51. The second-order valence-corrected chi connectivity index (χ2v) is 16.1. The molecular formula is C37H50N2O3S. The van der Waals surface area contributed by atoms with Crippen molar-refractivity contribution in [2.24, 2.45) is 5.92 Å². The van der Waals surface area contributed by atoms with Crippen molar-refractivity contribution in [3.63, 3.8) is 0 Å². The monoisotopic (exact) mass is 602 g/mol. The molecule has 0 aromatic heterocycles. The zero-order valence-electron chi connectivity index (χ0n) is 26.5. The first-order chi connectivity index (χ1) is 20.4. The summed E-state index contributed by atoms with van der Waals surface area (Å²) in [6.45, 7) is 9.13. The second kappa shape index (κ2) is 13.2. The van der Waals surface area contributed by atoms with Crippen molar-refractivity contribution in [2.45, 2.75) is 93.6 Å². The van der Waals surface area contributed by atoms with Crippen molar-refractivity contribution < 1.29 is 13.5 Å². The van der Waals surface area contributed by atoms with Crippen LogP contribution < -0.4 is 0 Å². The van der Waals surface area contributed by atoms with E-state index in [0.717, 1.165) is 70.1 Å². The summed E-state index contributed by atoms with van der Waals surface area (Å²) in [7, 11) is -1.84. The number of sulfonamides is 1. The lowest BCUT2D eigenvalue weighted by atomic mass is 9.84. The van der Waals surface area contributed by atoms with Gasteiger partial charge in [-0.15, -0.1) is 0 Å². The summed E-state index contributed by atoms with van der Waals surface area (Å²) < 4.78 is 29.1. The van der Waals surface area contributed by atoms with Crippen LogP contribution in [0, 0.1) is 5.92 Å². The molecule has 1 aliphatic carbocycles. The van der Waals surface area contributed by atoms with E-state index in [1.165, 1.54) is 11.1 Å². The minimum absolute atomic E-state index is 0.0257. The Morgan fingerprint density at radius 2 is 1.49 bits per heavy atom. The molecule has 0 amide bonds. The molecule has 3 aromatic rings. The minimum Gasteiger partial charge on any atom is -0.390 e. The first kappa shape index (κ1) is 31.9. The number of hydrogen-bond donors (Lipinski definition) is 1. The van der Waals surface area contributed by atoms with Crippen LogP contribution in [0.25, 0.3) is 0 Å². The molecule has 5 nitrogen and oxygen atoms in total. The summed E-state index contributed by atoms with van der Waals surface area (Å²) >= 11 is 0. The molecule has 0 radical (unpaired) electrons. The van der Waals surface area contributed by atoms with E-state index in [0.29, 0.717) is 16.7 Å². The van der Waals surface area contributed by atoms with Crippen molar-refractivity contribution in [1.29, 1.82) is 0 Å². The predicted molar refractivity (Wildman–Crippen MR) is 176 cm³/mol. The van der Waals surface area contributed by atoms with Crippen molar-refractivity contribution in [3.8, 4) is 0 Å². The number of likely N-dealkylation sites (tertiary alicyclic amines) is 1. The summed E-state index contributed by atoms with van der Waals surface area (Å²) in [6.07, 6.45) is 6.11. The van der Waals surface area contributed by atoms with Crippen LogP contribution in [0.15, 0.2) is 89.8 Å². The van der Waals surface area contributed by atoms with Gasteiger partial charge in [-0.05, 0) is 91.0 Å². The first-order valence-corrected chi connectivity index (χ1v) is 17.5. The molecule has 1 heterocycles. The lowest BCUT2D eigenvalue weighted by Crippen LogP contribution is -2.46. The van der Waals surface area contributed by atoms with Gasteiger partial charge in [-0.25, -0.2) is 8.42 Å². The van der Waals surface area contributed by atoms with Gasteiger partial charge in [0.25, 0.3) is 0 Å². The third-order valence-electron chi connectivity index (χ3n) is 10.0. The molecule has 1 N–H and O–H groups in total. The quantitative estimate of drug-likeness (QED) is 0.271. The van der Waals surface area contributed by atoms with Crippen molar-refractivity contribution in [1.82, 2.24) is 9.21 Å². The summed E-state index contributed by atoms with van der Waals surface area (Å²) in [5, 5.41) is 11.3. The van der Waals surface area contributed by atoms with Crippen molar-refractivity contribution >= 4 is 10.0 Å². The summed E-state index contributed by atoms with van der Waals surface area (Å²) in [5.74, 6) is 0.663. The maximum absolute atomic E-state index is 13.8. The minimum atomic E-state index is -3.60. The molecule has 1 aliphatic heterocycles. The smallest absolute Gasteiger partial charge is 0.243 e. The molecule has 6 heteroatoms. The lowest BCUT2D eigenvalue weighted by Gasteiger charge is -2.40. The molecule has 2 fully saturated rings. The van der Waals surface area contributed by atoms with Crippen LogP contribution in [0.2, 0.25) is 0 Å². The fourth-order valence-corrected chi connectivity index (χ4v) is 8.57. The van der Waals surface area contributed by atoms with Gasteiger partial charge < -0.3 is 10.0 Å². The highest BCUT2D eigenvalue weighted by Gasteiger charge is 2.42. The molecular weight excluding hydrogens is 552 g/mol. The Morgan fingerprint density at radius 1 is 0.884 bits per heavy atom. The number of piperidine rings is 1. The van der Waals surface area contributed by atoms with E-state index in [4.69, 9.17) is 0 Å². The molecule has 2 aliphatic rings. The van der Waals surface area contributed by atoms with E-state index in [1.54, 1.807) is 23.5 Å². The lowest BCUT2D eigenvalue weighted by molar-refractivity contribution is -0.0318. The second-order valence-electron chi connectivity index (χ2n) is 14.1. The average Bonchev–Trinajstić information content (AvgIpc) is 3.42. The topological polar surface area (TPSA) is 60.9 Å². The highest BCUT2D eigenvalue weighted by Crippen LogP contribution is 2.44. The van der Waals surface area contributed by atoms with Gasteiger partial charge in [-0.2, -0.15) is 4.31 Å². The van der Waals surface area contributed by atoms with Gasteiger partial charge in [0.1, 0.15) is 0 Å². The fourth-order valence-electron chi connectivity index (χ4n) is 7.19. The summed E-state index contributed by atoms with van der Waals surface area (Å²) in [4.78, 5) is 2.87. The highest BCUT2D eigenvalue weighted by atomic mass is 32.2. The summed E-state index contributed by atoms with van der Waals surface area (Å²) in [6, 6.07) is 28.5. The molecule has 1 saturated carbocycles. The summed E-state index contributed by atoms with van der Waals surface area (Å²) in [5.41, 5.74) is 3.15. The van der Waals surface area contributed by atoms with E-state index in [-0.39, 0.29) is 11.5 Å². The maximum Gasteiger partial charge on any atom is 0.243 e. The molecule has 3 atom stereocenters. The molecule has 0 spiro atoms. The van der Waals surface area contributed by atoms with E-state index in [1.807, 2.05) is 24.3 Å². The molecule has 43 heavy (non-hydrogen) atoms. The Balaban J connectivity index is 1.23. The van der Waals surface area contributed by atoms with E-state index < -0.39 is 15.6 Å². The normalized spacial score (nSPS) is 23.1. The molecule has 5 rings (SSSR count). The number of nitrogens with zero attached hydrogens (tertiary/aromatic N) is 2. The van der Waals surface area contributed by atoms with Crippen molar-refractivity contribution in [2.75, 3.05) is 26.7 Å². The molecule has 0 bridgehead atoms. The standard InChI is InChI=1S/C37H50N2O3S/c1-36(2,3)32-17-19-34(20-18-32)43(41,42)38(4)33-26-31(35(27-33)30-15-9-6-10-16-30)28-39-24-22-37(40,23-25-39)21-11-14-29-12-7-5-8-13-29/h5-10,12-13,15-20,31,33,35,40H,11,14,21-28H2,1-4H3/t31-,33?,35-/m1/s1. The van der Waals surface area contributed by atoms with Gasteiger partial charge in [-0.1, -0.05) is 93.6 Å². The Kier molecular flexibility index (Phi) is 9.82. The SMILES string of the molecule is CN(C1C[C@H](CN2CCC(O)(CCCc3ccccc3)CC2)[C@@H](c2ccccc2)C1)S(=O)(=O)c1ccc(C(C)(C)C)cc1. The average molecular weight is 603 g/mol. The number of aryl methyl sites for hydroxylation is 1.